The standard InChI is InChI=1S/C34H46O7/c1-15(2)14-21-32(10)17(5)19-12-13-20(31(7,8)9)26(36)23(19)28(38)25(32)30(40)34(41)29(39)22(18(6)35)27(37)24(16(3)4)33(21,34)11/h12-13,15-17,21-22,24-25,36,41H,14H2,1-11H3/t17-,21-,22?,24?,25?,32-,33-,34+/m1/s1. The van der Waals surface area contributed by atoms with Crippen LogP contribution < -0.4 is 0 Å². The van der Waals surface area contributed by atoms with Crippen LogP contribution in [-0.4, -0.2) is 44.7 Å². The lowest BCUT2D eigenvalue weighted by atomic mass is 9.34. The summed E-state index contributed by atoms with van der Waals surface area (Å²) in [6, 6.07) is 3.67. The number of phenolic OH excluding ortho intramolecular Hbond substituents is 1. The fourth-order valence-corrected chi connectivity index (χ4v) is 9.14. The van der Waals surface area contributed by atoms with Crippen LogP contribution in [0.15, 0.2) is 12.1 Å². The van der Waals surface area contributed by atoms with Gasteiger partial charge < -0.3 is 10.2 Å². The third-order valence-electron chi connectivity index (χ3n) is 11.1. The van der Waals surface area contributed by atoms with Crippen molar-refractivity contribution in [2.75, 3.05) is 0 Å². The maximum Gasteiger partial charge on any atom is 0.190 e. The number of rotatable bonds is 4. The molecule has 0 aromatic heterocycles. The number of phenols is 1. The van der Waals surface area contributed by atoms with Crippen molar-refractivity contribution in [3.8, 4) is 5.75 Å². The summed E-state index contributed by atoms with van der Waals surface area (Å²) in [4.78, 5) is 70.1. The van der Waals surface area contributed by atoms with Crippen LogP contribution in [0.25, 0.3) is 0 Å². The Morgan fingerprint density at radius 2 is 1.56 bits per heavy atom. The number of ketones is 5. The highest BCUT2D eigenvalue weighted by Gasteiger charge is 2.80. The van der Waals surface area contributed by atoms with Gasteiger partial charge in [0.1, 0.15) is 17.5 Å². The summed E-state index contributed by atoms with van der Waals surface area (Å²) in [5, 5.41) is 24.0. The van der Waals surface area contributed by atoms with E-state index in [-0.39, 0.29) is 17.2 Å². The first kappa shape index (κ1) is 31.3. The van der Waals surface area contributed by atoms with E-state index in [9.17, 15) is 34.2 Å². The zero-order valence-corrected chi connectivity index (χ0v) is 26.3. The Bertz CT molecular complexity index is 1360. The molecule has 224 valence electrons. The highest BCUT2D eigenvalue weighted by molar-refractivity contribution is 6.32. The summed E-state index contributed by atoms with van der Waals surface area (Å²) in [6.07, 6.45) is 0.437. The maximum absolute atomic E-state index is 14.8. The Balaban J connectivity index is 2.14. The lowest BCUT2D eigenvalue weighted by Crippen LogP contribution is -2.80. The second-order valence-electron chi connectivity index (χ2n) is 15.1. The molecular formula is C34H46O7. The predicted octanol–water partition coefficient (Wildman–Crippen LogP) is 5.22. The molecule has 2 saturated carbocycles. The molecule has 7 heteroatoms. The second kappa shape index (κ2) is 9.42. The molecule has 3 unspecified atom stereocenters. The lowest BCUT2D eigenvalue weighted by Gasteiger charge is -2.67. The molecule has 8 atom stereocenters. The van der Waals surface area contributed by atoms with Gasteiger partial charge in [-0.15, -0.1) is 0 Å². The van der Waals surface area contributed by atoms with Crippen LogP contribution in [0.3, 0.4) is 0 Å². The van der Waals surface area contributed by atoms with Gasteiger partial charge in [-0.05, 0) is 59.0 Å². The fourth-order valence-electron chi connectivity index (χ4n) is 9.14. The second-order valence-corrected chi connectivity index (χ2v) is 15.1. The molecule has 3 aliphatic carbocycles. The summed E-state index contributed by atoms with van der Waals surface area (Å²) in [6.45, 7) is 19.9. The Kier molecular flexibility index (Phi) is 7.18. The van der Waals surface area contributed by atoms with Crippen molar-refractivity contribution in [2.45, 2.75) is 99.5 Å². The van der Waals surface area contributed by atoms with Gasteiger partial charge in [-0.1, -0.05) is 81.4 Å². The Hall–Kier alpha value is -2.67. The van der Waals surface area contributed by atoms with E-state index in [2.05, 4.69) is 0 Å². The van der Waals surface area contributed by atoms with Crippen LogP contribution >= 0.6 is 0 Å². The van der Waals surface area contributed by atoms with Gasteiger partial charge in [-0.3, -0.25) is 24.0 Å². The number of carbonyl (C=O) groups is 5. The van der Waals surface area contributed by atoms with Gasteiger partial charge in [0.05, 0.1) is 11.5 Å². The smallest absolute Gasteiger partial charge is 0.190 e. The molecule has 0 saturated heterocycles. The monoisotopic (exact) mass is 566 g/mol. The van der Waals surface area contributed by atoms with E-state index in [1.54, 1.807) is 6.92 Å². The molecule has 4 rings (SSSR count). The Morgan fingerprint density at radius 1 is 1.00 bits per heavy atom. The molecule has 1 aromatic rings. The molecule has 2 fully saturated rings. The van der Waals surface area contributed by atoms with Crippen molar-refractivity contribution in [1.29, 1.82) is 0 Å². The maximum atomic E-state index is 14.8. The van der Waals surface area contributed by atoms with Crippen molar-refractivity contribution in [1.82, 2.24) is 0 Å². The molecule has 41 heavy (non-hydrogen) atoms. The number of aromatic hydroxyl groups is 1. The van der Waals surface area contributed by atoms with E-state index in [4.69, 9.17) is 0 Å². The molecular weight excluding hydrogens is 520 g/mol. The van der Waals surface area contributed by atoms with E-state index in [1.807, 2.05) is 74.4 Å². The molecule has 2 N–H and O–H groups in total. The minimum Gasteiger partial charge on any atom is -0.507 e. The number of hydrogen-bond donors (Lipinski definition) is 2. The third kappa shape index (κ3) is 3.76. The van der Waals surface area contributed by atoms with Gasteiger partial charge in [0, 0.05) is 11.3 Å². The summed E-state index contributed by atoms with van der Waals surface area (Å²) in [7, 11) is 0. The molecule has 7 nitrogen and oxygen atoms in total. The van der Waals surface area contributed by atoms with Gasteiger partial charge in [0.2, 0.25) is 0 Å². The summed E-state index contributed by atoms with van der Waals surface area (Å²) in [5.74, 6) is -9.74. The van der Waals surface area contributed by atoms with Crippen LogP contribution in [0.5, 0.6) is 5.75 Å². The first-order chi connectivity index (χ1) is 18.6. The summed E-state index contributed by atoms with van der Waals surface area (Å²) in [5.41, 5.74) is -4.63. The van der Waals surface area contributed by atoms with Gasteiger partial charge in [-0.2, -0.15) is 0 Å². The molecule has 0 aliphatic heterocycles. The number of carbonyl (C=O) groups excluding carboxylic acids is 5. The third-order valence-corrected chi connectivity index (χ3v) is 11.1. The number of aliphatic hydroxyl groups is 1. The number of fused-ring (bicyclic) bond motifs is 3. The SMILES string of the molecule is CC(=O)C1C(=O)C(C(C)C)[C@@]2(C)[C@H](CC(C)C)[C@]3(C)C(C(=O)c4c(ccc(C(C)(C)C)c4O)[C@H]3C)C(=O)[C@@]2(O)C1=O. The van der Waals surface area contributed by atoms with E-state index >= 15 is 0 Å². The summed E-state index contributed by atoms with van der Waals surface area (Å²) >= 11 is 0. The van der Waals surface area contributed by atoms with Gasteiger partial charge in [-0.25, -0.2) is 0 Å². The highest BCUT2D eigenvalue weighted by Crippen LogP contribution is 2.70. The Morgan fingerprint density at radius 3 is 2.02 bits per heavy atom. The topological polar surface area (TPSA) is 126 Å². The van der Waals surface area contributed by atoms with E-state index < -0.39 is 86.3 Å². The minimum atomic E-state index is -2.72. The molecule has 1 aromatic carbocycles. The van der Waals surface area contributed by atoms with E-state index in [0.29, 0.717) is 17.5 Å². The van der Waals surface area contributed by atoms with Crippen molar-refractivity contribution in [3.63, 3.8) is 0 Å². The van der Waals surface area contributed by atoms with Crippen molar-refractivity contribution in [2.24, 2.45) is 46.3 Å². The average molecular weight is 567 g/mol. The lowest BCUT2D eigenvalue weighted by molar-refractivity contribution is -0.227. The fraction of sp³-hybridized carbons (Fsp3) is 0.676. The minimum absolute atomic E-state index is 0.0377. The Labute approximate surface area is 243 Å². The first-order valence-corrected chi connectivity index (χ1v) is 14.9. The highest BCUT2D eigenvalue weighted by atomic mass is 16.3. The van der Waals surface area contributed by atoms with Crippen LogP contribution in [0.2, 0.25) is 0 Å². The molecule has 3 aliphatic rings. The van der Waals surface area contributed by atoms with Gasteiger partial charge >= 0.3 is 0 Å². The quantitative estimate of drug-likeness (QED) is 0.478. The van der Waals surface area contributed by atoms with Crippen LogP contribution in [0.4, 0.5) is 0 Å². The van der Waals surface area contributed by atoms with Crippen molar-refractivity contribution in [3.05, 3.63) is 28.8 Å². The molecule has 0 spiro atoms. The molecule has 0 bridgehead atoms. The number of Topliss-reactive ketones (excluding diaryl/α,β-unsaturated/α-hetero) is 5. The molecule has 0 amide bonds. The zero-order valence-electron chi connectivity index (χ0n) is 26.3. The number of benzene rings is 1. The van der Waals surface area contributed by atoms with E-state index in [1.165, 1.54) is 0 Å². The van der Waals surface area contributed by atoms with Gasteiger partial charge in [0.25, 0.3) is 0 Å². The van der Waals surface area contributed by atoms with E-state index in [0.717, 1.165) is 6.92 Å². The zero-order chi connectivity index (χ0) is 31.4. The predicted molar refractivity (Wildman–Crippen MR) is 155 cm³/mol. The molecule has 0 heterocycles. The van der Waals surface area contributed by atoms with Crippen molar-refractivity contribution >= 4 is 28.9 Å². The number of hydrogen-bond acceptors (Lipinski definition) is 7. The van der Waals surface area contributed by atoms with Crippen molar-refractivity contribution < 1.29 is 34.2 Å². The van der Waals surface area contributed by atoms with Crippen LogP contribution in [0, 0.1) is 46.3 Å². The van der Waals surface area contributed by atoms with Crippen LogP contribution in [0.1, 0.15) is 110 Å². The first-order valence-electron chi connectivity index (χ1n) is 14.9. The largest absolute Gasteiger partial charge is 0.507 e. The normalized spacial score (nSPS) is 37.3. The van der Waals surface area contributed by atoms with Crippen LogP contribution in [-0.2, 0) is 24.6 Å². The average Bonchev–Trinajstić information content (AvgIpc) is 2.82. The van der Waals surface area contributed by atoms with Gasteiger partial charge in [0.15, 0.2) is 28.7 Å². The summed E-state index contributed by atoms with van der Waals surface area (Å²) < 4.78 is 0. The molecule has 0 radical (unpaired) electrons.